The fourth-order valence-corrected chi connectivity index (χ4v) is 3.58. The van der Waals surface area contributed by atoms with Crippen molar-refractivity contribution in [3.8, 4) is 5.75 Å². The van der Waals surface area contributed by atoms with Crippen LogP contribution in [0.1, 0.15) is 48.9 Å². The molecular weight excluding hydrogens is 420 g/mol. The fourth-order valence-electron chi connectivity index (χ4n) is 3.58. The molecule has 1 heterocycles. The van der Waals surface area contributed by atoms with E-state index in [0.717, 1.165) is 24.1 Å². The fraction of sp³-hybridized carbons (Fsp3) is 0.520. The lowest BCUT2D eigenvalue weighted by Gasteiger charge is -2.28. The predicted molar refractivity (Wildman–Crippen MR) is 129 cm³/mol. The lowest BCUT2D eigenvalue weighted by atomic mass is 9.93. The number of aliphatic hydroxyl groups excluding tert-OH is 2. The number of benzene rings is 1. The smallest absolute Gasteiger partial charge is 0.224 e. The van der Waals surface area contributed by atoms with Gasteiger partial charge in [0, 0.05) is 18.6 Å². The molecule has 0 aliphatic rings. The van der Waals surface area contributed by atoms with E-state index < -0.39 is 12.7 Å². The molecule has 1 atom stereocenters. The second-order valence-corrected chi connectivity index (χ2v) is 9.32. The Labute approximate surface area is 196 Å². The molecule has 0 spiro atoms. The van der Waals surface area contributed by atoms with Crippen molar-refractivity contribution in [2.75, 3.05) is 33.7 Å². The van der Waals surface area contributed by atoms with Crippen LogP contribution in [-0.4, -0.2) is 70.4 Å². The highest BCUT2D eigenvalue weighted by Crippen LogP contribution is 2.20. The molecule has 2 aromatic rings. The summed E-state index contributed by atoms with van der Waals surface area (Å²) in [5.41, 5.74) is 2.29. The van der Waals surface area contributed by atoms with Gasteiger partial charge in [0.15, 0.2) is 0 Å². The van der Waals surface area contributed by atoms with Gasteiger partial charge in [0.2, 0.25) is 5.91 Å². The van der Waals surface area contributed by atoms with Gasteiger partial charge in [0.1, 0.15) is 17.5 Å². The van der Waals surface area contributed by atoms with E-state index in [4.69, 9.17) is 0 Å². The van der Waals surface area contributed by atoms with Crippen LogP contribution in [0.4, 0.5) is 0 Å². The molecule has 0 saturated carbocycles. The lowest BCUT2D eigenvalue weighted by molar-refractivity contribution is -0.120. The first kappa shape index (κ1) is 26.7. The van der Waals surface area contributed by atoms with Gasteiger partial charge in [-0.05, 0) is 70.6 Å². The maximum absolute atomic E-state index is 12.2. The second-order valence-electron chi connectivity index (χ2n) is 9.32. The monoisotopic (exact) mass is 458 g/mol. The zero-order valence-corrected chi connectivity index (χ0v) is 20.1. The number of nitrogens with zero attached hydrogens (tertiary/aromatic N) is 2. The molecule has 0 fully saturated rings. The van der Waals surface area contributed by atoms with E-state index in [0.29, 0.717) is 25.1 Å². The van der Waals surface area contributed by atoms with E-state index in [-0.39, 0.29) is 29.4 Å². The highest BCUT2D eigenvalue weighted by Gasteiger charge is 2.21. The first-order valence-electron chi connectivity index (χ1n) is 11.3. The maximum atomic E-state index is 12.2. The Hall–Kier alpha value is -2.52. The number of hydrogen-bond acceptors (Lipinski definition) is 7. The summed E-state index contributed by atoms with van der Waals surface area (Å²) in [5, 5.41) is 35.7. The molecule has 0 aliphatic heterocycles. The molecule has 8 nitrogen and oxygen atoms in total. The largest absolute Gasteiger partial charge is 0.506 e. The van der Waals surface area contributed by atoms with E-state index in [1.54, 1.807) is 6.07 Å². The summed E-state index contributed by atoms with van der Waals surface area (Å²) >= 11 is 0. The normalized spacial score (nSPS) is 12.7. The van der Waals surface area contributed by atoms with Gasteiger partial charge in [-0.3, -0.25) is 4.79 Å². The summed E-state index contributed by atoms with van der Waals surface area (Å²) < 4.78 is 0. The molecule has 33 heavy (non-hydrogen) atoms. The third kappa shape index (κ3) is 9.47. The van der Waals surface area contributed by atoms with Crippen molar-refractivity contribution in [2.45, 2.75) is 51.4 Å². The number of carbonyl (C=O) groups is 1. The topological polar surface area (TPSA) is 118 Å². The van der Waals surface area contributed by atoms with Crippen LogP contribution in [0, 0.1) is 0 Å². The van der Waals surface area contributed by atoms with E-state index >= 15 is 0 Å². The number of aromatic hydroxyl groups is 1. The molecule has 0 saturated heterocycles. The molecule has 1 aromatic heterocycles. The Morgan fingerprint density at radius 3 is 2.61 bits per heavy atom. The Morgan fingerprint density at radius 1 is 1.18 bits per heavy atom. The average molecular weight is 459 g/mol. The number of rotatable bonds is 13. The molecule has 0 radical (unpaired) electrons. The van der Waals surface area contributed by atoms with E-state index in [1.807, 2.05) is 52.2 Å². The van der Waals surface area contributed by atoms with Gasteiger partial charge < -0.3 is 30.9 Å². The van der Waals surface area contributed by atoms with Gasteiger partial charge in [-0.15, -0.1) is 0 Å². The van der Waals surface area contributed by atoms with E-state index in [9.17, 15) is 20.1 Å². The van der Waals surface area contributed by atoms with Crippen LogP contribution < -0.4 is 10.6 Å². The number of pyridine rings is 1. The molecule has 2 rings (SSSR count). The Morgan fingerprint density at radius 2 is 1.91 bits per heavy atom. The SMILES string of the molecule is CN(C)CCCNC(=O)Cc1cccc(CC(C)(C)NCC(O)c2ccc(O)c(CO)n2)c1. The minimum absolute atomic E-state index is 0.0232. The summed E-state index contributed by atoms with van der Waals surface area (Å²) in [5.74, 6) is -0.0704. The van der Waals surface area contributed by atoms with Crippen molar-refractivity contribution in [1.82, 2.24) is 20.5 Å². The van der Waals surface area contributed by atoms with Crippen molar-refractivity contribution >= 4 is 5.91 Å². The minimum atomic E-state index is -0.877. The summed E-state index contributed by atoms with van der Waals surface area (Å²) in [7, 11) is 4.03. The van der Waals surface area contributed by atoms with E-state index in [1.165, 1.54) is 6.07 Å². The zero-order valence-electron chi connectivity index (χ0n) is 20.1. The van der Waals surface area contributed by atoms with Gasteiger partial charge in [0.25, 0.3) is 0 Å². The first-order valence-corrected chi connectivity index (χ1v) is 11.3. The molecule has 0 aliphatic carbocycles. The molecule has 182 valence electrons. The van der Waals surface area contributed by atoms with E-state index in [2.05, 4.69) is 20.5 Å². The molecule has 1 unspecified atom stereocenters. The van der Waals surface area contributed by atoms with Crippen molar-refractivity contribution in [3.05, 3.63) is 58.9 Å². The maximum Gasteiger partial charge on any atom is 0.224 e. The highest BCUT2D eigenvalue weighted by atomic mass is 16.3. The Kier molecular flexibility index (Phi) is 10.2. The molecule has 8 heteroatoms. The highest BCUT2D eigenvalue weighted by molar-refractivity contribution is 5.78. The molecule has 1 amide bonds. The average Bonchev–Trinajstić information content (AvgIpc) is 2.75. The molecule has 1 aromatic carbocycles. The summed E-state index contributed by atoms with van der Waals surface area (Å²) in [6.07, 6.45) is 1.11. The van der Waals surface area contributed by atoms with Crippen molar-refractivity contribution in [3.63, 3.8) is 0 Å². The number of aliphatic hydroxyl groups is 2. The number of amides is 1. The summed E-state index contributed by atoms with van der Waals surface area (Å²) in [6, 6.07) is 11.0. The molecule has 0 bridgehead atoms. The molecule has 5 N–H and O–H groups in total. The van der Waals surface area contributed by atoms with Crippen LogP contribution in [0.25, 0.3) is 0 Å². The van der Waals surface area contributed by atoms with Crippen molar-refractivity contribution in [1.29, 1.82) is 0 Å². The third-order valence-electron chi connectivity index (χ3n) is 5.34. The quantitative estimate of drug-likeness (QED) is 0.289. The van der Waals surface area contributed by atoms with Gasteiger partial charge in [-0.2, -0.15) is 0 Å². The number of carbonyl (C=O) groups excluding carboxylic acids is 1. The molecular formula is C25H38N4O4. The van der Waals surface area contributed by atoms with Crippen LogP contribution >= 0.6 is 0 Å². The number of β-amino-alcohol motifs (C(OH)–C–C–N with tert-alkyl or cyclic N) is 1. The van der Waals surface area contributed by atoms with Crippen LogP contribution in [0.5, 0.6) is 5.75 Å². The number of aromatic nitrogens is 1. The van der Waals surface area contributed by atoms with Crippen LogP contribution in [0.15, 0.2) is 36.4 Å². The van der Waals surface area contributed by atoms with Crippen molar-refractivity contribution in [2.24, 2.45) is 0 Å². The van der Waals surface area contributed by atoms with Crippen LogP contribution in [0.2, 0.25) is 0 Å². The lowest BCUT2D eigenvalue weighted by Crippen LogP contribution is -2.43. The third-order valence-corrected chi connectivity index (χ3v) is 5.34. The summed E-state index contributed by atoms with van der Waals surface area (Å²) in [4.78, 5) is 18.4. The Bertz CT molecular complexity index is 902. The van der Waals surface area contributed by atoms with Gasteiger partial charge >= 0.3 is 0 Å². The van der Waals surface area contributed by atoms with Gasteiger partial charge in [-0.1, -0.05) is 24.3 Å². The van der Waals surface area contributed by atoms with Crippen LogP contribution in [0.3, 0.4) is 0 Å². The van der Waals surface area contributed by atoms with Gasteiger partial charge in [0.05, 0.1) is 18.7 Å². The summed E-state index contributed by atoms with van der Waals surface area (Å²) in [6.45, 7) is 5.59. The standard InChI is InChI=1S/C25H38N4O4/c1-25(2,27-16-23(32)20-9-10-22(31)21(17-30)28-20)15-19-8-5-7-18(13-19)14-24(33)26-11-6-12-29(3)4/h5,7-10,13,23,27,30-32H,6,11-12,14-17H2,1-4H3,(H,26,33). The number of hydrogen-bond donors (Lipinski definition) is 5. The second kappa shape index (κ2) is 12.6. The number of nitrogens with one attached hydrogen (secondary N) is 2. The zero-order chi connectivity index (χ0) is 24.4. The minimum Gasteiger partial charge on any atom is -0.506 e. The predicted octanol–water partition coefficient (Wildman–Crippen LogP) is 1.53. The van der Waals surface area contributed by atoms with Crippen LogP contribution in [-0.2, 0) is 24.2 Å². The van der Waals surface area contributed by atoms with Crippen molar-refractivity contribution < 1.29 is 20.1 Å². The van der Waals surface area contributed by atoms with Gasteiger partial charge in [-0.25, -0.2) is 4.98 Å². The first-order chi connectivity index (χ1) is 15.6. The Balaban J connectivity index is 1.88.